The maximum Gasteiger partial charge on any atom is 0.267 e. The van der Waals surface area contributed by atoms with E-state index in [0.29, 0.717) is 17.8 Å². The molecule has 0 unspecified atom stereocenters. The van der Waals surface area contributed by atoms with Crippen molar-refractivity contribution in [1.82, 2.24) is 24.3 Å². The molecule has 0 fully saturated rings. The Kier molecular flexibility index (Phi) is 5.96. The molecule has 0 spiro atoms. The molecule has 7 nitrogen and oxygen atoms in total. The highest BCUT2D eigenvalue weighted by Gasteiger charge is 2.23. The van der Waals surface area contributed by atoms with Crippen LogP contribution in [-0.4, -0.2) is 57.9 Å². The molecule has 0 radical (unpaired) electrons. The molecule has 1 aliphatic rings. The maximum absolute atomic E-state index is 13.4. The monoisotopic (exact) mass is 457 g/mol. The van der Waals surface area contributed by atoms with Gasteiger partial charge in [0.2, 0.25) is 0 Å². The summed E-state index contributed by atoms with van der Waals surface area (Å²) < 4.78 is 4.26. The Labute approximate surface area is 199 Å². The Morgan fingerprint density at radius 3 is 2.79 bits per heavy atom. The molecule has 7 heteroatoms. The fraction of sp³-hybridized carbons (Fsp3) is 0.370. The zero-order valence-corrected chi connectivity index (χ0v) is 20.0. The van der Waals surface area contributed by atoms with Gasteiger partial charge in [0, 0.05) is 35.6 Å². The first-order valence-corrected chi connectivity index (χ1v) is 12.0. The summed E-state index contributed by atoms with van der Waals surface area (Å²) in [6.07, 6.45) is 2.08. The molecule has 0 aliphatic carbocycles. The van der Waals surface area contributed by atoms with Gasteiger partial charge in [0.15, 0.2) is 5.78 Å². The van der Waals surface area contributed by atoms with E-state index in [9.17, 15) is 9.59 Å². The first-order valence-electron chi connectivity index (χ1n) is 12.0. The van der Waals surface area contributed by atoms with Gasteiger partial charge in [-0.05, 0) is 64.7 Å². The highest BCUT2D eigenvalue weighted by Crippen LogP contribution is 2.29. The minimum atomic E-state index is -0.0557. The molecular formula is C27H31N5O2. The summed E-state index contributed by atoms with van der Waals surface area (Å²) in [6.45, 7) is 4.57. The number of aryl methyl sites for hydroxylation is 1. The molecule has 1 amide bonds. The fourth-order valence-electron chi connectivity index (χ4n) is 4.96. The molecule has 1 N–H and O–H groups in total. The van der Waals surface area contributed by atoms with Gasteiger partial charge in [-0.1, -0.05) is 24.3 Å². The van der Waals surface area contributed by atoms with Gasteiger partial charge >= 0.3 is 0 Å². The number of nitrogens with zero attached hydrogens (tertiary/aromatic N) is 4. The summed E-state index contributed by atoms with van der Waals surface area (Å²) >= 11 is 0. The number of imidazole rings is 1. The van der Waals surface area contributed by atoms with Crippen molar-refractivity contribution in [2.24, 2.45) is 0 Å². The second kappa shape index (κ2) is 9.06. The molecule has 2 aromatic carbocycles. The van der Waals surface area contributed by atoms with Gasteiger partial charge in [-0.25, -0.2) is 4.98 Å². The van der Waals surface area contributed by atoms with Crippen LogP contribution in [0.15, 0.2) is 48.5 Å². The van der Waals surface area contributed by atoms with Gasteiger partial charge in [0.05, 0.1) is 17.5 Å². The molecule has 2 aromatic heterocycles. The molecule has 0 saturated carbocycles. The summed E-state index contributed by atoms with van der Waals surface area (Å²) in [7, 11) is 4.14. The van der Waals surface area contributed by atoms with Crippen LogP contribution in [0, 0.1) is 0 Å². The third-order valence-corrected chi connectivity index (χ3v) is 6.72. The van der Waals surface area contributed by atoms with Crippen molar-refractivity contribution >= 4 is 33.6 Å². The van der Waals surface area contributed by atoms with E-state index in [-0.39, 0.29) is 24.2 Å². The van der Waals surface area contributed by atoms with E-state index in [4.69, 9.17) is 4.98 Å². The normalized spacial score (nSPS) is 16.1. The third kappa shape index (κ3) is 4.12. The van der Waals surface area contributed by atoms with Crippen molar-refractivity contribution in [1.29, 1.82) is 0 Å². The predicted octanol–water partition coefficient (Wildman–Crippen LogP) is 4.06. The smallest absolute Gasteiger partial charge is 0.267 e. The first kappa shape index (κ1) is 22.3. The molecule has 4 aromatic rings. The maximum atomic E-state index is 13.4. The lowest BCUT2D eigenvalue weighted by Gasteiger charge is -2.15. The van der Waals surface area contributed by atoms with Crippen molar-refractivity contribution in [3.05, 3.63) is 65.6 Å². The lowest BCUT2D eigenvalue weighted by molar-refractivity contribution is 0.0950. The fourth-order valence-corrected chi connectivity index (χ4v) is 4.96. The average molecular weight is 458 g/mol. The third-order valence-electron chi connectivity index (χ3n) is 6.72. The molecule has 0 saturated heterocycles. The van der Waals surface area contributed by atoms with Crippen LogP contribution in [0.4, 0.5) is 0 Å². The van der Waals surface area contributed by atoms with Crippen LogP contribution < -0.4 is 5.32 Å². The number of carbonyl (C=O) groups is 2. The van der Waals surface area contributed by atoms with E-state index in [2.05, 4.69) is 46.4 Å². The van der Waals surface area contributed by atoms with Crippen LogP contribution in [0.3, 0.4) is 0 Å². The number of ketones is 1. The van der Waals surface area contributed by atoms with Crippen molar-refractivity contribution in [2.75, 3.05) is 27.2 Å². The van der Waals surface area contributed by atoms with Gasteiger partial charge < -0.3 is 19.4 Å². The largest absolute Gasteiger partial charge is 0.351 e. The van der Waals surface area contributed by atoms with E-state index in [0.717, 1.165) is 53.7 Å². The van der Waals surface area contributed by atoms with Crippen molar-refractivity contribution in [2.45, 2.75) is 38.8 Å². The van der Waals surface area contributed by atoms with E-state index in [1.807, 2.05) is 42.5 Å². The molecule has 1 aliphatic heterocycles. The first-order chi connectivity index (χ1) is 16.4. The average Bonchev–Trinajstić information content (AvgIpc) is 3.32. The zero-order chi connectivity index (χ0) is 23.8. The SMILES string of the molecule is C[C@@H]1CCNC(=O)c2cc3ccc(C(=O)Cc4nc5ccccc5n4CCCN(C)C)cc3n21. The summed E-state index contributed by atoms with van der Waals surface area (Å²) in [6, 6.07) is 15.9. The number of para-hydroxylation sites is 2. The van der Waals surface area contributed by atoms with Gasteiger partial charge in [-0.3, -0.25) is 9.59 Å². The van der Waals surface area contributed by atoms with Gasteiger partial charge in [0.25, 0.3) is 5.91 Å². The Balaban J connectivity index is 1.48. The topological polar surface area (TPSA) is 72.2 Å². The Morgan fingerprint density at radius 1 is 1.15 bits per heavy atom. The summed E-state index contributed by atoms with van der Waals surface area (Å²) in [5, 5.41) is 3.94. The number of fused-ring (bicyclic) bond motifs is 4. The van der Waals surface area contributed by atoms with E-state index < -0.39 is 0 Å². The van der Waals surface area contributed by atoms with Crippen LogP contribution in [0.5, 0.6) is 0 Å². The van der Waals surface area contributed by atoms with E-state index >= 15 is 0 Å². The number of aromatic nitrogens is 3. The van der Waals surface area contributed by atoms with Crippen molar-refractivity contribution in [3.8, 4) is 0 Å². The Bertz CT molecular complexity index is 1380. The van der Waals surface area contributed by atoms with Crippen LogP contribution in [0.25, 0.3) is 21.9 Å². The van der Waals surface area contributed by atoms with Crippen LogP contribution in [-0.2, 0) is 13.0 Å². The van der Waals surface area contributed by atoms with Crippen LogP contribution in [0.1, 0.15) is 52.5 Å². The lowest BCUT2D eigenvalue weighted by atomic mass is 10.1. The summed E-state index contributed by atoms with van der Waals surface area (Å²) in [4.78, 5) is 32.9. The van der Waals surface area contributed by atoms with Gasteiger partial charge in [-0.2, -0.15) is 0 Å². The quantitative estimate of drug-likeness (QED) is 0.425. The van der Waals surface area contributed by atoms with E-state index in [1.54, 1.807) is 0 Å². The van der Waals surface area contributed by atoms with Crippen molar-refractivity contribution in [3.63, 3.8) is 0 Å². The summed E-state index contributed by atoms with van der Waals surface area (Å²) in [5.74, 6) is 0.777. The molecule has 5 rings (SSSR count). The second-order valence-electron chi connectivity index (χ2n) is 9.49. The Hall–Kier alpha value is -3.45. The second-order valence-corrected chi connectivity index (χ2v) is 9.49. The van der Waals surface area contributed by atoms with Gasteiger partial charge in [0.1, 0.15) is 11.5 Å². The van der Waals surface area contributed by atoms with Crippen LogP contribution in [0.2, 0.25) is 0 Å². The standard InChI is InChI=1S/C27H31N5O2/c1-18-11-12-28-27(34)24-15-19-9-10-20(16-23(19)32(18)24)25(33)17-26-29-21-7-4-5-8-22(21)31(26)14-6-13-30(2)3/h4-5,7-10,15-16,18H,6,11-14,17H2,1-3H3,(H,28,34)/t18-/m1/s1. The number of Topliss-reactive ketones (excluding diaryl/α,β-unsaturated/α-hetero) is 1. The van der Waals surface area contributed by atoms with E-state index in [1.165, 1.54) is 0 Å². The number of nitrogens with one attached hydrogen (secondary N) is 1. The highest BCUT2D eigenvalue weighted by atomic mass is 16.2. The molecule has 0 bridgehead atoms. The van der Waals surface area contributed by atoms with Gasteiger partial charge in [-0.15, -0.1) is 0 Å². The van der Waals surface area contributed by atoms with Crippen molar-refractivity contribution < 1.29 is 9.59 Å². The number of hydrogen-bond donors (Lipinski definition) is 1. The Morgan fingerprint density at radius 2 is 1.97 bits per heavy atom. The highest BCUT2D eigenvalue weighted by molar-refractivity contribution is 6.03. The molecule has 3 heterocycles. The minimum absolute atomic E-state index is 0.0346. The number of carbonyl (C=O) groups excluding carboxylic acids is 2. The molecule has 1 atom stereocenters. The lowest BCUT2D eigenvalue weighted by Crippen LogP contribution is -2.22. The zero-order valence-electron chi connectivity index (χ0n) is 20.0. The molecular weight excluding hydrogens is 426 g/mol. The van der Waals surface area contributed by atoms with Crippen LogP contribution >= 0.6 is 0 Å². The molecule has 176 valence electrons. The molecule has 34 heavy (non-hydrogen) atoms. The number of hydrogen-bond acceptors (Lipinski definition) is 4. The number of amides is 1. The minimum Gasteiger partial charge on any atom is -0.351 e. The number of rotatable bonds is 7. The predicted molar refractivity (Wildman–Crippen MR) is 135 cm³/mol. The summed E-state index contributed by atoms with van der Waals surface area (Å²) in [5.41, 5.74) is 4.23. The number of benzene rings is 2.